The van der Waals surface area contributed by atoms with Crippen LogP contribution in [0.15, 0.2) is 41.0 Å². The lowest BCUT2D eigenvalue weighted by molar-refractivity contribution is 0.909. The number of hydrogen-bond donors (Lipinski definition) is 1. The van der Waals surface area contributed by atoms with E-state index in [-0.39, 0.29) is 0 Å². The van der Waals surface area contributed by atoms with Crippen molar-refractivity contribution >= 4 is 21.6 Å². The van der Waals surface area contributed by atoms with Gasteiger partial charge in [0.25, 0.3) is 0 Å². The lowest BCUT2D eigenvalue weighted by atomic mass is 10.1. The van der Waals surface area contributed by atoms with Crippen LogP contribution in [0.25, 0.3) is 16.9 Å². The molecule has 0 atom stereocenters. The summed E-state index contributed by atoms with van der Waals surface area (Å²) in [6.45, 7) is 2.46. The fourth-order valence-corrected chi connectivity index (χ4v) is 2.47. The van der Waals surface area contributed by atoms with Crippen molar-refractivity contribution in [3.05, 3.63) is 52.3 Å². The molecule has 0 amide bonds. The van der Waals surface area contributed by atoms with Crippen LogP contribution in [0.5, 0.6) is 0 Å². The monoisotopic (exact) mass is 316 g/mol. The van der Waals surface area contributed by atoms with Crippen molar-refractivity contribution in [3.8, 4) is 11.3 Å². The molecule has 2 aromatic heterocycles. The van der Waals surface area contributed by atoms with Crippen molar-refractivity contribution in [2.24, 2.45) is 5.73 Å². The van der Waals surface area contributed by atoms with E-state index in [2.05, 4.69) is 57.2 Å². The Morgan fingerprint density at radius 1 is 1.16 bits per heavy atom. The molecule has 2 N–H and O–H groups in total. The number of rotatable bonds is 2. The first-order valence-corrected chi connectivity index (χ1v) is 6.79. The minimum Gasteiger partial charge on any atom is -0.325 e. The molecule has 3 rings (SSSR count). The Morgan fingerprint density at radius 2 is 1.89 bits per heavy atom. The summed E-state index contributed by atoms with van der Waals surface area (Å²) in [5.41, 5.74) is 10.5. The van der Waals surface area contributed by atoms with E-state index in [9.17, 15) is 0 Å². The summed E-state index contributed by atoms with van der Waals surface area (Å²) in [5, 5.41) is 4.60. The molecule has 2 heterocycles. The number of aromatic nitrogens is 3. The van der Waals surface area contributed by atoms with Gasteiger partial charge in [-0.2, -0.15) is 5.10 Å². The first-order chi connectivity index (χ1) is 9.19. The fourth-order valence-electron chi connectivity index (χ4n) is 1.96. The number of halogens is 1. The number of imidazole rings is 1. The van der Waals surface area contributed by atoms with Crippen LogP contribution >= 0.6 is 15.9 Å². The maximum absolute atomic E-state index is 5.65. The summed E-state index contributed by atoms with van der Waals surface area (Å²) in [6, 6.07) is 12.2. The number of fused-ring (bicyclic) bond motifs is 1. The highest BCUT2D eigenvalue weighted by Gasteiger charge is 2.10. The van der Waals surface area contributed by atoms with Gasteiger partial charge in [-0.1, -0.05) is 29.8 Å². The number of aryl methyl sites for hydroxylation is 1. The zero-order valence-corrected chi connectivity index (χ0v) is 12.1. The van der Waals surface area contributed by atoms with Crippen LogP contribution in [0.4, 0.5) is 0 Å². The summed E-state index contributed by atoms with van der Waals surface area (Å²) >= 11 is 3.49. The van der Waals surface area contributed by atoms with Crippen molar-refractivity contribution in [3.63, 3.8) is 0 Å². The summed E-state index contributed by atoms with van der Waals surface area (Å²) in [5.74, 6) is 0. The van der Waals surface area contributed by atoms with Crippen molar-refractivity contribution in [2.45, 2.75) is 13.5 Å². The zero-order chi connectivity index (χ0) is 13.4. The first kappa shape index (κ1) is 12.3. The van der Waals surface area contributed by atoms with Gasteiger partial charge in [-0.3, -0.25) is 0 Å². The van der Waals surface area contributed by atoms with Crippen LogP contribution in [-0.2, 0) is 6.54 Å². The van der Waals surface area contributed by atoms with Gasteiger partial charge in [-0.25, -0.2) is 9.50 Å². The number of benzene rings is 1. The summed E-state index contributed by atoms with van der Waals surface area (Å²) in [6.07, 6.45) is 0. The van der Waals surface area contributed by atoms with Gasteiger partial charge in [0.1, 0.15) is 4.60 Å². The Labute approximate surface area is 119 Å². The summed E-state index contributed by atoms with van der Waals surface area (Å²) in [4.78, 5) is 4.41. The molecular formula is C14H13BrN4. The first-order valence-electron chi connectivity index (χ1n) is 6.00. The lowest BCUT2D eigenvalue weighted by Crippen LogP contribution is -1.98. The number of hydrogen-bond acceptors (Lipinski definition) is 3. The van der Waals surface area contributed by atoms with Crippen molar-refractivity contribution < 1.29 is 0 Å². The van der Waals surface area contributed by atoms with Crippen LogP contribution in [0.1, 0.15) is 11.3 Å². The average Bonchev–Trinajstić information content (AvgIpc) is 2.76. The minimum absolute atomic E-state index is 0.393. The summed E-state index contributed by atoms with van der Waals surface area (Å²) in [7, 11) is 0. The third kappa shape index (κ3) is 2.15. The van der Waals surface area contributed by atoms with Crippen LogP contribution in [0.3, 0.4) is 0 Å². The third-order valence-corrected chi connectivity index (χ3v) is 3.82. The van der Waals surface area contributed by atoms with E-state index in [4.69, 9.17) is 5.73 Å². The largest absolute Gasteiger partial charge is 0.325 e. The van der Waals surface area contributed by atoms with Gasteiger partial charge < -0.3 is 5.73 Å². The molecule has 0 bridgehead atoms. The second-order valence-corrected chi connectivity index (χ2v) is 5.16. The molecule has 0 aliphatic heterocycles. The Hall–Kier alpha value is -1.72. The van der Waals surface area contributed by atoms with Crippen molar-refractivity contribution in [1.82, 2.24) is 14.6 Å². The Balaban J connectivity index is 2.15. The molecule has 4 nitrogen and oxygen atoms in total. The Bertz CT molecular complexity index is 731. The van der Waals surface area contributed by atoms with Crippen molar-refractivity contribution in [1.29, 1.82) is 0 Å². The molecule has 0 aliphatic rings. The normalized spacial score (nSPS) is 11.1. The molecule has 0 aliphatic carbocycles. The van der Waals surface area contributed by atoms with Gasteiger partial charge in [-0.05, 0) is 35.0 Å². The Kier molecular flexibility index (Phi) is 3.08. The van der Waals surface area contributed by atoms with E-state index in [1.165, 1.54) is 5.56 Å². The van der Waals surface area contributed by atoms with Gasteiger partial charge in [0, 0.05) is 12.1 Å². The molecule has 96 valence electrons. The van der Waals surface area contributed by atoms with Gasteiger partial charge in [0.2, 0.25) is 0 Å². The molecule has 0 unspecified atom stereocenters. The predicted octanol–water partition coefficient (Wildman–Crippen LogP) is 2.93. The molecule has 1 aromatic carbocycles. The predicted molar refractivity (Wildman–Crippen MR) is 78.8 cm³/mol. The van der Waals surface area contributed by atoms with E-state index in [1.807, 2.05) is 12.1 Å². The van der Waals surface area contributed by atoms with E-state index >= 15 is 0 Å². The van der Waals surface area contributed by atoms with Crippen LogP contribution in [-0.4, -0.2) is 14.6 Å². The SMILES string of the molecule is Cc1ccc(-c2ccc3nc(CN)c(Br)n3n2)cc1. The topological polar surface area (TPSA) is 56.2 Å². The average molecular weight is 317 g/mol. The van der Waals surface area contributed by atoms with Gasteiger partial charge in [0.15, 0.2) is 5.65 Å². The molecule has 19 heavy (non-hydrogen) atoms. The molecule has 0 spiro atoms. The fraction of sp³-hybridized carbons (Fsp3) is 0.143. The van der Waals surface area contributed by atoms with Crippen molar-refractivity contribution in [2.75, 3.05) is 0 Å². The molecule has 3 aromatic rings. The molecular weight excluding hydrogens is 304 g/mol. The van der Waals surface area contributed by atoms with Gasteiger partial charge >= 0.3 is 0 Å². The second-order valence-electron chi connectivity index (χ2n) is 4.41. The smallest absolute Gasteiger partial charge is 0.155 e. The maximum Gasteiger partial charge on any atom is 0.155 e. The van der Waals surface area contributed by atoms with E-state index in [0.717, 1.165) is 27.2 Å². The van der Waals surface area contributed by atoms with Gasteiger partial charge in [0.05, 0.1) is 11.4 Å². The Morgan fingerprint density at radius 3 is 2.58 bits per heavy atom. The second kappa shape index (κ2) is 4.75. The maximum atomic E-state index is 5.65. The van der Waals surface area contributed by atoms with Crippen LogP contribution < -0.4 is 5.73 Å². The van der Waals surface area contributed by atoms with Crippen LogP contribution in [0, 0.1) is 6.92 Å². The highest BCUT2D eigenvalue weighted by atomic mass is 79.9. The number of nitrogens with two attached hydrogens (primary N) is 1. The highest BCUT2D eigenvalue weighted by molar-refractivity contribution is 9.10. The minimum atomic E-state index is 0.393. The zero-order valence-electron chi connectivity index (χ0n) is 10.5. The van der Waals surface area contributed by atoms with E-state index < -0.39 is 0 Å². The molecule has 0 saturated heterocycles. The van der Waals surface area contributed by atoms with E-state index in [0.29, 0.717) is 6.54 Å². The molecule has 5 heteroatoms. The highest BCUT2D eigenvalue weighted by Crippen LogP contribution is 2.22. The quantitative estimate of drug-likeness (QED) is 0.790. The third-order valence-electron chi connectivity index (χ3n) is 3.03. The van der Waals surface area contributed by atoms with Crippen LogP contribution in [0.2, 0.25) is 0 Å². The van der Waals surface area contributed by atoms with Gasteiger partial charge in [-0.15, -0.1) is 0 Å². The lowest BCUT2D eigenvalue weighted by Gasteiger charge is -2.02. The number of nitrogens with zero attached hydrogens (tertiary/aromatic N) is 3. The molecule has 0 radical (unpaired) electrons. The van der Waals surface area contributed by atoms with E-state index in [1.54, 1.807) is 4.52 Å². The standard InChI is InChI=1S/C14H13BrN4/c1-9-2-4-10(5-3-9)11-6-7-13-17-12(8-16)14(15)19(13)18-11/h2-7H,8,16H2,1H3. The molecule has 0 saturated carbocycles. The molecule has 0 fully saturated rings. The summed E-state index contributed by atoms with van der Waals surface area (Å²) < 4.78 is 2.59.